The summed E-state index contributed by atoms with van der Waals surface area (Å²) in [5, 5.41) is 9.41. The summed E-state index contributed by atoms with van der Waals surface area (Å²) >= 11 is 0. The van der Waals surface area contributed by atoms with E-state index in [1.54, 1.807) is 0 Å². The molecule has 15 heavy (non-hydrogen) atoms. The van der Waals surface area contributed by atoms with Crippen LogP contribution in [0.3, 0.4) is 0 Å². The highest BCUT2D eigenvalue weighted by molar-refractivity contribution is 6.60. The molecule has 0 fully saturated rings. The highest BCUT2D eigenvalue weighted by Crippen LogP contribution is 2.16. The standard InChI is InChI=1S/C10H24O4Si/c1-8(2)12-15(7-11,13-9(3)4)14-10(5)6/h8-11H,7H2,1-6H3. The number of aliphatic hydroxyl groups excluding tert-OH is 1. The fraction of sp³-hybridized carbons (Fsp3) is 1.00. The molecule has 1 N–H and O–H groups in total. The molecule has 0 rings (SSSR count). The molecular formula is C10H24O4Si. The Morgan fingerprint density at radius 1 is 0.800 bits per heavy atom. The molecule has 0 aromatic heterocycles. The molecule has 5 heteroatoms. The fourth-order valence-corrected chi connectivity index (χ4v) is 3.82. The molecule has 0 spiro atoms. The zero-order valence-electron chi connectivity index (χ0n) is 10.6. The molecule has 92 valence electrons. The van der Waals surface area contributed by atoms with E-state index in [4.69, 9.17) is 13.3 Å². The SMILES string of the molecule is CC(C)O[Si](CO)(OC(C)C)OC(C)C. The Balaban J connectivity index is 4.59. The van der Waals surface area contributed by atoms with E-state index in [0.717, 1.165) is 0 Å². The van der Waals surface area contributed by atoms with Crippen molar-refractivity contribution in [3.63, 3.8) is 0 Å². The summed E-state index contributed by atoms with van der Waals surface area (Å²) < 4.78 is 17.0. The molecule has 0 aliphatic carbocycles. The summed E-state index contributed by atoms with van der Waals surface area (Å²) in [6.45, 7) is 11.4. The van der Waals surface area contributed by atoms with Crippen LogP contribution in [0.1, 0.15) is 41.5 Å². The average molecular weight is 236 g/mol. The molecule has 0 bridgehead atoms. The zero-order chi connectivity index (χ0) is 12.1. The van der Waals surface area contributed by atoms with E-state index < -0.39 is 8.80 Å². The molecule has 0 amide bonds. The normalized spacial score (nSPS) is 13.2. The van der Waals surface area contributed by atoms with E-state index in [9.17, 15) is 5.11 Å². The van der Waals surface area contributed by atoms with Gasteiger partial charge in [-0.05, 0) is 41.5 Å². The van der Waals surface area contributed by atoms with Gasteiger partial charge in [0.25, 0.3) is 0 Å². The molecule has 0 heterocycles. The highest BCUT2D eigenvalue weighted by atomic mass is 28.4. The van der Waals surface area contributed by atoms with Crippen LogP contribution in [-0.4, -0.2) is 38.5 Å². The van der Waals surface area contributed by atoms with Gasteiger partial charge in [-0.3, -0.25) is 0 Å². The molecule has 0 unspecified atom stereocenters. The first-order chi connectivity index (χ1) is 6.81. The van der Waals surface area contributed by atoms with Gasteiger partial charge in [-0.2, -0.15) is 0 Å². The van der Waals surface area contributed by atoms with E-state index in [2.05, 4.69) is 0 Å². The summed E-state index contributed by atoms with van der Waals surface area (Å²) in [5.74, 6) is 0. The Hall–Kier alpha value is 0.0569. The van der Waals surface area contributed by atoms with Crippen LogP contribution in [0.5, 0.6) is 0 Å². The summed E-state index contributed by atoms with van der Waals surface area (Å²) in [4.78, 5) is 0. The summed E-state index contributed by atoms with van der Waals surface area (Å²) in [7, 11) is -2.90. The smallest absolute Gasteiger partial charge is 0.392 e. The lowest BCUT2D eigenvalue weighted by molar-refractivity contribution is -0.0112. The van der Waals surface area contributed by atoms with Crippen molar-refractivity contribution in [2.24, 2.45) is 0 Å². The van der Waals surface area contributed by atoms with Crippen molar-refractivity contribution in [1.82, 2.24) is 0 Å². The Labute approximate surface area is 93.9 Å². The van der Waals surface area contributed by atoms with Crippen molar-refractivity contribution in [3.05, 3.63) is 0 Å². The van der Waals surface area contributed by atoms with Crippen molar-refractivity contribution in [3.8, 4) is 0 Å². The molecule has 0 atom stereocenters. The number of hydrogen-bond acceptors (Lipinski definition) is 4. The molecule has 0 saturated heterocycles. The van der Waals surface area contributed by atoms with Gasteiger partial charge in [-0.25, -0.2) is 0 Å². The lowest BCUT2D eigenvalue weighted by atomic mass is 10.5. The summed E-state index contributed by atoms with van der Waals surface area (Å²) in [5.41, 5.74) is 0. The van der Waals surface area contributed by atoms with Gasteiger partial charge < -0.3 is 18.4 Å². The molecule has 0 aromatic rings. The van der Waals surface area contributed by atoms with Gasteiger partial charge in [-0.1, -0.05) is 0 Å². The quantitative estimate of drug-likeness (QED) is 0.684. The minimum atomic E-state index is -2.90. The maximum absolute atomic E-state index is 9.41. The van der Waals surface area contributed by atoms with Gasteiger partial charge in [-0.15, -0.1) is 0 Å². The van der Waals surface area contributed by atoms with Crippen LogP contribution in [0.4, 0.5) is 0 Å². The van der Waals surface area contributed by atoms with E-state index >= 15 is 0 Å². The van der Waals surface area contributed by atoms with Gasteiger partial charge in [0.15, 0.2) is 0 Å². The van der Waals surface area contributed by atoms with Crippen LogP contribution in [-0.2, 0) is 13.3 Å². The van der Waals surface area contributed by atoms with E-state index in [0.29, 0.717) is 0 Å². The highest BCUT2D eigenvalue weighted by Gasteiger charge is 2.43. The van der Waals surface area contributed by atoms with Gasteiger partial charge in [0.05, 0.1) is 0 Å². The second-order valence-electron chi connectivity index (χ2n) is 4.34. The third-order valence-corrected chi connectivity index (χ3v) is 4.32. The minimum Gasteiger partial charge on any atom is -0.392 e. The maximum Gasteiger partial charge on any atom is 0.528 e. The van der Waals surface area contributed by atoms with Crippen molar-refractivity contribution >= 4 is 8.80 Å². The first kappa shape index (κ1) is 15.1. The zero-order valence-corrected chi connectivity index (χ0v) is 11.6. The van der Waals surface area contributed by atoms with Crippen molar-refractivity contribution in [2.75, 3.05) is 6.23 Å². The van der Waals surface area contributed by atoms with Gasteiger partial charge in [0.1, 0.15) is 6.23 Å². The lowest BCUT2D eigenvalue weighted by Crippen LogP contribution is -2.54. The van der Waals surface area contributed by atoms with Crippen molar-refractivity contribution in [1.29, 1.82) is 0 Å². The van der Waals surface area contributed by atoms with Crippen LogP contribution in [0.25, 0.3) is 0 Å². The number of aliphatic hydroxyl groups is 1. The van der Waals surface area contributed by atoms with Gasteiger partial charge >= 0.3 is 8.80 Å². The van der Waals surface area contributed by atoms with Crippen LogP contribution in [0, 0.1) is 0 Å². The van der Waals surface area contributed by atoms with E-state index in [1.165, 1.54) is 0 Å². The Kier molecular flexibility index (Phi) is 6.62. The second kappa shape index (κ2) is 6.60. The summed E-state index contributed by atoms with van der Waals surface area (Å²) in [6, 6.07) is 0. The first-order valence-corrected chi connectivity index (χ1v) is 7.39. The molecule has 0 aromatic carbocycles. The maximum atomic E-state index is 9.41. The Morgan fingerprint density at radius 2 is 1.07 bits per heavy atom. The summed E-state index contributed by atoms with van der Waals surface area (Å²) in [6.07, 6.45) is -0.217. The molecule has 0 aliphatic rings. The minimum absolute atomic E-state index is 0.0127. The largest absolute Gasteiger partial charge is 0.528 e. The Bertz CT molecular complexity index is 144. The van der Waals surface area contributed by atoms with Gasteiger partial charge in [0, 0.05) is 18.3 Å². The van der Waals surface area contributed by atoms with Crippen LogP contribution in [0.15, 0.2) is 0 Å². The van der Waals surface area contributed by atoms with E-state index in [1.807, 2.05) is 41.5 Å². The van der Waals surface area contributed by atoms with E-state index in [-0.39, 0.29) is 24.5 Å². The molecule has 0 aliphatic heterocycles. The van der Waals surface area contributed by atoms with Gasteiger partial charge in [0.2, 0.25) is 0 Å². The lowest BCUT2D eigenvalue weighted by Gasteiger charge is -2.32. The third-order valence-electron chi connectivity index (χ3n) is 1.44. The third kappa shape index (κ3) is 6.27. The monoisotopic (exact) mass is 236 g/mol. The van der Waals surface area contributed by atoms with Crippen LogP contribution < -0.4 is 0 Å². The predicted octanol–water partition coefficient (Wildman–Crippen LogP) is 1.73. The predicted molar refractivity (Wildman–Crippen MR) is 61.5 cm³/mol. The van der Waals surface area contributed by atoms with Crippen LogP contribution in [0.2, 0.25) is 0 Å². The van der Waals surface area contributed by atoms with Crippen LogP contribution >= 0.6 is 0 Å². The van der Waals surface area contributed by atoms with Crippen molar-refractivity contribution in [2.45, 2.75) is 59.9 Å². The molecular weight excluding hydrogens is 212 g/mol. The second-order valence-corrected chi connectivity index (χ2v) is 6.73. The Morgan fingerprint density at radius 3 is 1.20 bits per heavy atom. The van der Waals surface area contributed by atoms with Crippen molar-refractivity contribution < 1.29 is 18.4 Å². The first-order valence-electron chi connectivity index (χ1n) is 5.45. The molecule has 4 nitrogen and oxygen atoms in total. The number of rotatable bonds is 7. The molecule has 0 radical (unpaired) electrons. The number of hydrogen-bond donors (Lipinski definition) is 1. The average Bonchev–Trinajstić information content (AvgIpc) is 1.99. The topological polar surface area (TPSA) is 47.9 Å². The molecule has 0 saturated carbocycles. The fourth-order valence-electron chi connectivity index (χ4n) is 1.27.